The minimum Gasteiger partial charge on any atom is -0.302 e. The van der Waals surface area contributed by atoms with Gasteiger partial charge in [-0.25, -0.2) is 4.98 Å². The smallest absolute Gasteiger partial charge is 0.236 e. The maximum absolute atomic E-state index is 12.1. The number of carbonyl (C=O) groups is 1. The molecule has 8 heteroatoms. The van der Waals surface area contributed by atoms with E-state index in [0.29, 0.717) is 11.0 Å². The molecular weight excluding hydrogens is 354 g/mol. The fourth-order valence-corrected chi connectivity index (χ4v) is 3.59. The van der Waals surface area contributed by atoms with Gasteiger partial charge in [0, 0.05) is 23.7 Å². The summed E-state index contributed by atoms with van der Waals surface area (Å²) >= 11 is 2.79. The first kappa shape index (κ1) is 17.6. The summed E-state index contributed by atoms with van der Waals surface area (Å²) in [7, 11) is 0. The average Bonchev–Trinajstić information content (AvgIpc) is 3.23. The second-order valence-electron chi connectivity index (χ2n) is 5.85. The minimum atomic E-state index is -0.0969. The molecule has 2 aromatic heterocycles. The maximum Gasteiger partial charge on any atom is 0.236 e. The molecule has 1 N–H and O–H groups in total. The number of nitrogens with zero attached hydrogens (tertiary/aromatic N) is 4. The van der Waals surface area contributed by atoms with Gasteiger partial charge < -0.3 is 9.88 Å². The Bertz CT molecular complexity index is 815. The predicted octanol–water partition coefficient (Wildman–Crippen LogP) is 3.79. The zero-order valence-electron chi connectivity index (χ0n) is 14.0. The molecule has 0 saturated carbocycles. The molecule has 0 radical (unpaired) electrons. The van der Waals surface area contributed by atoms with Gasteiger partial charge in [0.1, 0.15) is 0 Å². The number of rotatable bonds is 7. The summed E-state index contributed by atoms with van der Waals surface area (Å²) in [5.41, 5.74) is 1.02. The quantitative estimate of drug-likeness (QED) is 0.638. The Labute approximate surface area is 154 Å². The lowest BCUT2D eigenvalue weighted by Gasteiger charge is -2.12. The van der Waals surface area contributed by atoms with Crippen molar-refractivity contribution in [3.63, 3.8) is 0 Å². The highest BCUT2D eigenvalue weighted by molar-refractivity contribution is 7.99. The molecule has 25 heavy (non-hydrogen) atoms. The molecule has 0 aliphatic carbocycles. The number of nitrogens with one attached hydrogen (secondary N) is 1. The van der Waals surface area contributed by atoms with Gasteiger partial charge >= 0.3 is 0 Å². The Balaban J connectivity index is 1.74. The summed E-state index contributed by atoms with van der Waals surface area (Å²) in [6.07, 6.45) is 1.67. The van der Waals surface area contributed by atoms with Crippen molar-refractivity contribution in [3.8, 4) is 11.4 Å². The molecule has 0 saturated heterocycles. The Morgan fingerprint density at radius 1 is 1.28 bits per heavy atom. The molecule has 0 spiro atoms. The number of benzene rings is 1. The zero-order chi connectivity index (χ0) is 17.6. The maximum atomic E-state index is 12.1. The highest BCUT2D eigenvalue weighted by Gasteiger charge is 2.16. The first-order valence-electron chi connectivity index (χ1n) is 7.94. The van der Waals surface area contributed by atoms with E-state index in [9.17, 15) is 4.79 Å². The topological polar surface area (TPSA) is 72.7 Å². The number of hydrogen-bond donors (Lipinski definition) is 1. The molecule has 0 fully saturated rings. The minimum absolute atomic E-state index is 0.0969. The molecule has 3 aromatic rings. The Hall–Kier alpha value is -2.19. The van der Waals surface area contributed by atoms with Gasteiger partial charge in [0.05, 0.1) is 5.75 Å². The van der Waals surface area contributed by atoms with E-state index in [1.54, 1.807) is 6.20 Å². The van der Waals surface area contributed by atoms with Gasteiger partial charge in [-0.1, -0.05) is 55.9 Å². The Kier molecular flexibility index (Phi) is 5.83. The van der Waals surface area contributed by atoms with E-state index in [1.165, 1.54) is 23.1 Å². The number of thioether (sulfide) groups is 1. The van der Waals surface area contributed by atoms with Crippen LogP contribution in [0.25, 0.3) is 11.4 Å². The van der Waals surface area contributed by atoms with Crippen LogP contribution in [0.3, 0.4) is 0 Å². The molecule has 1 amide bonds. The largest absolute Gasteiger partial charge is 0.302 e. The van der Waals surface area contributed by atoms with Crippen molar-refractivity contribution in [2.24, 2.45) is 5.92 Å². The van der Waals surface area contributed by atoms with E-state index in [4.69, 9.17) is 0 Å². The van der Waals surface area contributed by atoms with Crippen LogP contribution in [0.1, 0.15) is 13.8 Å². The van der Waals surface area contributed by atoms with Gasteiger partial charge in [-0.15, -0.1) is 21.5 Å². The number of hydrogen-bond acceptors (Lipinski definition) is 6. The van der Waals surface area contributed by atoms with Crippen LogP contribution in [0.15, 0.2) is 47.1 Å². The van der Waals surface area contributed by atoms with Gasteiger partial charge in [-0.3, -0.25) is 4.79 Å². The standard InChI is InChI=1S/C17H19N5OS2/c1-12(2)10-22-15(13-6-4-3-5-7-13)20-21-17(22)25-11-14(23)19-16-18-8-9-24-16/h3-9,12H,10-11H2,1-2H3,(H,18,19,23). The molecule has 6 nitrogen and oxygen atoms in total. The first-order valence-corrected chi connectivity index (χ1v) is 9.80. The van der Waals surface area contributed by atoms with Crippen LogP contribution >= 0.6 is 23.1 Å². The third-order valence-electron chi connectivity index (χ3n) is 3.31. The fraction of sp³-hybridized carbons (Fsp3) is 0.294. The zero-order valence-corrected chi connectivity index (χ0v) is 15.7. The number of carbonyl (C=O) groups excluding carboxylic acids is 1. The van der Waals surface area contributed by atoms with Gasteiger partial charge in [0.15, 0.2) is 16.1 Å². The molecule has 0 aliphatic heterocycles. The lowest BCUT2D eigenvalue weighted by Crippen LogP contribution is -2.15. The van der Waals surface area contributed by atoms with E-state index < -0.39 is 0 Å². The van der Waals surface area contributed by atoms with Crippen molar-refractivity contribution in [3.05, 3.63) is 41.9 Å². The monoisotopic (exact) mass is 373 g/mol. The summed E-state index contributed by atoms with van der Waals surface area (Å²) in [5.74, 6) is 1.45. The molecule has 130 valence electrons. The average molecular weight is 374 g/mol. The second kappa shape index (κ2) is 8.26. The normalized spacial score (nSPS) is 11.0. The van der Waals surface area contributed by atoms with Crippen molar-refractivity contribution in [1.29, 1.82) is 0 Å². The molecule has 2 heterocycles. The van der Waals surface area contributed by atoms with Gasteiger partial charge in [0.2, 0.25) is 5.91 Å². The highest BCUT2D eigenvalue weighted by atomic mass is 32.2. The summed E-state index contributed by atoms with van der Waals surface area (Å²) in [6.45, 7) is 5.10. The fourth-order valence-electron chi connectivity index (χ4n) is 2.30. The van der Waals surface area contributed by atoms with Crippen LogP contribution in [0, 0.1) is 5.92 Å². The molecule has 1 aromatic carbocycles. The number of thiazole rings is 1. The molecule has 0 bridgehead atoms. The summed E-state index contributed by atoms with van der Waals surface area (Å²) in [5, 5.41) is 14.6. The van der Waals surface area contributed by atoms with Gasteiger partial charge in [-0.05, 0) is 5.92 Å². The highest BCUT2D eigenvalue weighted by Crippen LogP contribution is 2.25. The van der Waals surface area contributed by atoms with E-state index in [1.807, 2.05) is 35.7 Å². The Morgan fingerprint density at radius 3 is 2.76 bits per heavy atom. The van der Waals surface area contributed by atoms with Crippen LogP contribution in [0.4, 0.5) is 5.13 Å². The summed E-state index contributed by atoms with van der Waals surface area (Å²) in [6, 6.07) is 9.98. The van der Waals surface area contributed by atoms with E-state index >= 15 is 0 Å². The van der Waals surface area contributed by atoms with Crippen molar-refractivity contribution in [2.45, 2.75) is 25.5 Å². The van der Waals surface area contributed by atoms with Crippen molar-refractivity contribution in [2.75, 3.05) is 11.1 Å². The van der Waals surface area contributed by atoms with E-state index in [0.717, 1.165) is 23.1 Å². The molecule has 3 rings (SSSR count). The number of anilines is 1. The van der Waals surface area contributed by atoms with Crippen LogP contribution in [-0.4, -0.2) is 31.4 Å². The Morgan fingerprint density at radius 2 is 2.08 bits per heavy atom. The summed E-state index contributed by atoms with van der Waals surface area (Å²) in [4.78, 5) is 16.1. The van der Waals surface area contributed by atoms with Crippen LogP contribution in [0.2, 0.25) is 0 Å². The number of amides is 1. The first-order chi connectivity index (χ1) is 12.1. The SMILES string of the molecule is CC(C)Cn1c(SCC(=O)Nc2nccs2)nnc1-c1ccccc1. The van der Waals surface area contributed by atoms with Crippen LogP contribution in [-0.2, 0) is 11.3 Å². The van der Waals surface area contributed by atoms with Crippen molar-refractivity contribution >= 4 is 34.1 Å². The molecule has 0 aliphatic rings. The lowest BCUT2D eigenvalue weighted by atomic mass is 10.2. The van der Waals surface area contributed by atoms with Crippen molar-refractivity contribution < 1.29 is 4.79 Å². The molecular formula is C17H19N5OS2. The predicted molar refractivity (Wildman–Crippen MR) is 102 cm³/mol. The molecule has 0 atom stereocenters. The third-order valence-corrected chi connectivity index (χ3v) is 4.96. The second-order valence-corrected chi connectivity index (χ2v) is 7.69. The van der Waals surface area contributed by atoms with Gasteiger partial charge in [0.25, 0.3) is 0 Å². The van der Waals surface area contributed by atoms with Crippen LogP contribution in [0.5, 0.6) is 0 Å². The molecule has 0 unspecified atom stereocenters. The van der Waals surface area contributed by atoms with Crippen LogP contribution < -0.4 is 5.32 Å². The van der Waals surface area contributed by atoms with E-state index in [2.05, 4.69) is 38.9 Å². The van der Waals surface area contributed by atoms with E-state index in [-0.39, 0.29) is 11.7 Å². The van der Waals surface area contributed by atoms with Gasteiger partial charge in [-0.2, -0.15) is 0 Å². The van der Waals surface area contributed by atoms with Crippen molar-refractivity contribution in [1.82, 2.24) is 19.7 Å². The number of aromatic nitrogens is 4. The third kappa shape index (κ3) is 4.67. The lowest BCUT2D eigenvalue weighted by molar-refractivity contribution is -0.113. The summed E-state index contributed by atoms with van der Waals surface area (Å²) < 4.78 is 2.08.